The van der Waals surface area contributed by atoms with Gasteiger partial charge in [-0.15, -0.1) is 6.58 Å². The Morgan fingerprint density at radius 3 is 3.00 bits per heavy atom. The number of hydrogen-bond acceptors (Lipinski definition) is 2. The summed E-state index contributed by atoms with van der Waals surface area (Å²) in [4.78, 5) is 10.2. The van der Waals surface area contributed by atoms with Crippen LogP contribution < -0.4 is 5.32 Å². The second kappa shape index (κ2) is 3.88. The van der Waals surface area contributed by atoms with Crippen LogP contribution in [-0.4, -0.2) is 5.91 Å². The molecule has 0 aliphatic carbocycles. The van der Waals surface area contributed by atoms with Gasteiger partial charge >= 0.3 is 0 Å². The van der Waals surface area contributed by atoms with Crippen LogP contribution in [0.25, 0.3) is 0 Å². The predicted molar refractivity (Wildman–Crippen MR) is 28.6 cm³/mol. The van der Waals surface area contributed by atoms with Crippen molar-refractivity contribution in [1.29, 1.82) is 5.26 Å². The quantitative estimate of drug-likeness (QED) is 0.312. The van der Waals surface area contributed by atoms with E-state index in [2.05, 4.69) is 6.58 Å². The molecule has 0 aliphatic rings. The fraction of sp³-hybridized carbons (Fsp3) is 0.200. The van der Waals surface area contributed by atoms with Crippen molar-refractivity contribution in [2.75, 3.05) is 0 Å². The third-order valence-corrected chi connectivity index (χ3v) is 0.525. The second-order valence-electron chi connectivity index (χ2n) is 1.15. The van der Waals surface area contributed by atoms with Crippen molar-refractivity contribution in [3.8, 4) is 6.19 Å². The largest absolute Gasteiger partial charge is 0.274 e. The van der Waals surface area contributed by atoms with Crippen LogP contribution in [0.4, 0.5) is 0 Å². The number of nitriles is 1. The molecule has 0 unspecified atom stereocenters. The van der Waals surface area contributed by atoms with E-state index < -0.39 is 0 Å². The number of amides is 1. The van der Waals surface area contributed by atoms with E-state index in [1.807, 2.05) is 5.32 Å². The highest BCUT2D eigenvalue weighted by atomic mass is 16.1. The first kappa shape index (κ1) is 6.70. The van der Waals surface area contributed by atoms with Crippen molar-refractivity contribution in [3.63, 3.8) is 0 Å². The van der Waals surface area contributed by atoms with E-state index in [0.717, 1.165) is 0 Å². The third kappa shape index (κ3) is 2.91. The monoisotopic (exact) mass is 110 g/mol. The van der Waals surface area contributed by atoms with Crippen LogP contribution in [-0.2, 0) is 4.79 Å². The molecule has 0 saturated carbocycles. The number of carbonyl (C=O) groups is 1. The zero-order valence-electron chi connectivity index (χ0n) is 4.35. The molecular weight excluding hydrogens is 104 g/mol. The van der Waals surface area contributed by atoms with Crippen LogP contribution >= 0.6 is 0 Å². The van der Waals surface area contributed by atoms with Gasteiger partial charge in [0.05, 0.1) is 0 Å². The molecule has 0 fully saturated rings. The average Bonchev–Trinajstić information content (AvgIpc) is 1.68. The summed E-state index contributed by atoms with van der Waals surface area (Å²) in [5.41, 5.74) is 0. The van der Waals surface area contributed by atoms with Gasteiger partial charge in [-0.1, -0.05) is 6.08 Å². The topological polar surface area (TPSA) is 52.9 Å². The zero-order chi connectivity index (χ0) is 6.41. The van der Waals surface area contributed by atoms with Gasteiger partial charge in [-0.25, -0.2) is 0 Å². The molecule has 0 atom stereocenters. The molecule has 0 aliphatic heterocycles. The van der Waals surface area contributed by atoms with Crippen LogP contribution in [0.2, 0.25) is 0 Å². The van der Waals surface area contributed by atoms with Gasteiger partial charge in [-0.05, 0) is 0 Å². The summed E-state index contributed by atoms with van der Waals surface area (Å²) in [7, 11) is 0. The zero-order valence-corrected chi connectivity index (χ0v) is 4.35. The molecule has 0 aromatic carbocycles. The van der Waals surface area contributed by atoms with E-state index in [4.69, 9.17) is 5.26 Å². The lowest BCUT2D eigenvalue weighted by molar-refractivity contribution is -0.119. The maximum atomic E-state index is 10.2. The molecule has 8 heavy (non-hydrogen) atoms. The highest BCUT2D eigenvalue weighted by Gasteiger charge is 1.91. The van der Waals surface area contributed by atoms with Crippen LogP contribution in [0.15, 0.2) is 12.7 Å². The van der Waals surface area contributed by atoms with E-state index >= 15 is 0 Å². The lowest BCUT2D eigenvalue weighted by Gasteiger charge is -1.85. The van der Waals surface area contributed by atoms with Gasteiger partial charge in [0.1, 0.15) is 0 Å². The Labute approximate surface area is 47.6 Å². The summed E-state index contributed by atoms with van der Waals surface area (Å²) in [5.74, 6) is -0.317. The number of carbonyl (C=O) groups excluding carboxylic acids is 1. The summed E-state index contributed by atoms with van der Waals surface area (Å²) >= 11 is 0. The summed E-state index contributed by atoms with van der Waals surface area (Å²) in [6.45, 7) is 3.31. The Bertz CT molecular complexity index is 134. The minimum atomic E-state index is -0.317. The fourth-order valence-electron chi connectivity index (χ4n) is 0.244. The maximum absolute atomic E-state index is 10.2. The molecule has 1 amide bonds. The van der Waals surface area contributed by atoms with Gasteiger partial charge < -0.3 is 0 Å². The molecular formula is C5H6N2O. The molecule has 0 aromatic rings. The fourth-order valence-corrected chi connectivity index (χ4v) is 0.244. The van der Waals surface area contributed by atoms with Gasteiger partial charge in [-0.3, -0.25) is 10.1 Å². The van der Waals surface area contributed by atoms with Crippen molar-refractivity contribution in [1.82, 2.24) is 5.32 Å². The lowest BCUT2D eigenvalue weighted by Crippen LogP contribution is -2.15. The second-order valence-corrected chi connectivity index (χ2v) is 1.15. The Morgan fingerprint density at radius 2 is 2.62 bits per heavy atom. The normalized spacial score (nSPS) is 6.88. The molecule has 0 rings (SSSR count). The lowest BCUT2D eigenvalue weighted by atomic mass is 10.4. The highest BCUT2D eigenvalue weighted by molar-refractivity contribution is 5.78. The molecule has 3 nitrogen and oxygen atoms in total. The number of hydrogen-bond donors (Lipinski definition) is 1. The third-order valence-electron chi connectivity index (χ3n) is 0.525. The number of nitrogens with zero attached hydrogens (tertiary/aromatic N) is 1. The highest BCUT2D eigenvalue weighted by Crippen LogP contribution is 1.75. The summed E-state index contributed by atoms with van der Waals surface area (Å²) < 4.78 is 0. The SMILES string of the molecule is C=CCC(=O)NC#N. The first-order chi connectivity index (χ1) is 3.81. The van der Waals surface area contributed by atoms with Crippen LogP contribution in [0, 0.1) is 11.5 Å². The number of rotatable bonds is 2. The average molecular weight is 110 g/mol. The van der Waals surface area contributed by atoms with E-state index in [-0.39, 0.29) is 12.3 Å². The molecule has 0 aromatic heterocycles. The smallest absolute Gasteiger partial charge is 0.236 e. The van der Waals surface area contributed by atoms with Crippen LogP contribution in [0.3, 0.4) is 0 Å². The summed E-state index contributed by atoms with van der Waals surface area (Å²) in [6.07, 6.45) is 3.14. The molecule has 0 heterocycles. The standard InChI is InChI=1S/C5H6N2O/c1-2-3-5(8)7-4-6/h2H,1,3H2,(H,7,8). The maximum Gasteiger partial charge on any atom is 0.236 e. The van der Waals surface area contributed by atoms with Crippen molar-refractivity contribution in [3.05, 3.63) is 12.7 Å². The Hall–Kier alpha value is -1.30. The van der Waals surface area contributed by atoms with Crippen LogP contribution in [0.5, 0.6) is 0 Å². The van der Waals surface area contributed by atoms with Crippen LogP contribution in [0.1, 0.15) is 6.42 Å². The summed E-state index contributed by atoms with van der Waals surface area (Å²) in [6, 6.07) is 0. The summed E-state index contributed by atoms with van der Waals surface area (Å²) in [5, 5.41) is 9.79. The van der Waals surface area contributed by atoms with E-state index in [1.54, 1.807) is 0 Å². The first-order valence-corrected chi connectivity index (χ1v) is 2.10. The van der Waals surface area contributed by atoms with Crippen molar-refractivity contribution in [2.24, 2.45) is 0 Å². The van der Waals surface area contributed by atoms with Crippen molar-refractivity contribution < 1.29 is 4.79 Å². The Balaban J connectivity index is 3.36. The molecule has 3 heteroatoms. The van der Waals surface area contributed by atoms with Gasteiger partial charge in [0.15, 0.2) is 6.19 Å². The first-order valence-electron chi connectivity index (χ1n) is 2.10. The predicted octanol–water partition coefficient (Wildman–Crippen LogP) is 0.160. The molecule has 0 saturated heterocycles. The molecule has 0 spiro atoms. The van der Waals surface area contributed by atoms with Crippen molar-refractivity contribution >= 4 is 5.91 Å². The Morgan fingerprint density at radius 1 is 2.00 bits per heavy atom. The van der Waals surface area contributed by atoms with E-state index in [1.165, 1.54) is 12.3 Å². The van der Waals surface area contributed by atoms with E-state index in [9.17, 15) is 4.79 Å². The Kier molecular flexibility index (Phi) is 3.25. The minimum absolute atomic E-state index is 0.202. The molecule has 0 bridgehead atoms. The van der Waals surface area contributed by atoms with Gasteiger partial charge in [0.2, 0.25) is 5.91 Å². The van der Waals surface area contributed by atoms with Gasteiger partial charge in [0.25, 0.3) is 0 Å². The molecule has 1 N–H and O–H groups in total. The number of nitrogens with one attached hydrogen (secondary N) is 1. The van der Waals surface area contributed by atoms with Gasteiger partial charge in [0, 0.05) is 6.42 Å². The van der Waals surface area contributed by atoms with Crippen molar-refractivity contribution in [2.45, 2.75) is 6.42 Å². The minimum Gasteiger partial charge on any atom is -0.274 e. The van der Waals surface area contributed by atoms with Gasteiger partial charge in [-0.2, -0.15) is 5.26 Å². The van der Waals surface area contributed by atoms with E-state index in [0.29, 0.717) is 0 Å². The molecule has 42 valence electrons. The molecule has 0 radical (unpaired) electrons.